The van der Waals surface area contributed by atoms with E-state index in [-0.39, 0.29) is 17.7 Å². The molecule has 0 unspecified atom stereocenters. The second kappa shape index (κ2) is 6.71. The molecule has 2 N–H and O–H groups in total. The number of sulfone groups is 1. The van der Waals surface area contributed by atoms with Crippen molar-refractivity contribution in [3.05, 3.63) is 27.8 Å². The fraction of sp³-hybridized carbons (Fsp3) is 0.500. The zero-order chi connectivity index (χ0) is 17.1. The highest BCUT2D eigenvalue weighted by Gasteiger charge is 2.29. The Morgan fingerprint density at radius 2 is 1.77 bits per heavy atom. The van der Waals surface area contributed by atoms with Crippen LogP contribution in [-0.4, -0.2) is 27.5 Å². The summed E-state index contributed by atoms with van der Waals surface area (Å²) in [6.07, 6.45) is 1.51. The molecule has 0 spiro atoms. The van der Waals surface area contributed by atoms with Gasteiger partial charge in [-0.3, -0.25) is 10.1 Å². The molecule has 124 valence electrons. The van der Waals surface area contributed by atoms with Crippen LogP contribution in [-0.2, 0) is 26.3 Å². The molecule has 0 amide bonds. The van der Waals surface area contributed by atoms with Crippen molar-refractivity contribution >= 4 is 25.5 Å². The second-order valence-electron chi connectivity index (χ2n) is 4.74. The lowest BCUT2D eigenvalue weighted by Crippen LogP contribution is -2.20. The SMILES string of the molecule is CCCCc1cc([N+](=O)[O-])cc(S(N)(=O)=O)c1S(=O)(=O)CC. The van der Waals surface area contributed by atoms with Crippen molar-refractivity contribution in [3.63, 3.8) is 0 Å². The summed E-state index contributed by atoms with van der Waals surface area (Å²) in [5, 5.41) is 16.0. The van der Waals surface area contributed by atoms with E-state index in [1.807, 2.05) is 6.92 Å². The summed E-state index contributed by atoms with van der Waals surface area (Å²) in [6, 6.07) is 1.81. The number of nitro benzene ring substituents is 1. The Labute approximate surface area is 129 Å². The number of hydrogen-bond donors (Lipinski definition) is 1. The van der Waals surface area contributed by atoms with E-state index in [9.17, 15) is 26.9 Å². The molecule has 22 heavy (non-hydrogen) atoms. The predicted octanol–water partition coefficient (Wildman–Crippen LogP) is 1.38. The first-order valence-electron chi connectivity index (χ1n) is 6.61. The van der Waals surface area contributed by atoms with Crippen molar-refractivity contribution in [2.75, 3.05) is 5.75 Å². The summed E-state index contributed by atoms with van der Waals surface area (Å²) in [6.45, 7) is 3.24. The molecule has 0 fully saturated rings. The number of nitro groups is 1. The van der Waals surface area contributed by atoms with Gasteiger partial charge in [-0.25, -0.2) is 22.0 Å². The van der Waals surface area contributed by atoms with E-state index in [0.29, 0.717) is 12.5 Å². The van der Waals surface area contributed by atoms with Gasteiger partial charge in [-0.05, 0) is 18.4 Å². The molecular weight excluding hydrogens is 332 g/mol. The van der Waals surface area contributed by atoms with Gasteiger partial charge in [-0.15, -0.1) is 0 Å². The Morgan fingerprint density at radius 1 is 1.18 bits per heavy atom. The van der Waals surface area contributed by atoms with E-state index in [1.54, 1.807) is 0 Å². The fourth-order valence-electron chi connectivity index (χ4n) is 2.01. The van der Waals surface area contributed by atoms with Gasteiger partial charge < -0.3 is 0 Å². The molecular formula is C12H18N2O6S2. The third kappa shape index (κ3) is 4.02. The van der Waals surface area contributed by atoms with Gasteiger partial charge in [0.1, 0.15) is 4.90 Å². The molecule has 0 radical (unpaired) electrons. The normalized spacial score (nSPS) is 12.3. The molecule has 0 atom stereocenters. The minimum atomic E-state index is -4.41. The molecule has 0 heterocycles. The van der Waals surface area contributed by atoms with Gasteiger partial charge in [0.05, 0.1) is 15.6 Å². The van der Waals surface area contributed by atoms with Gasteiger partial charge in [0.25, 0.3) is 5.69 Å². The highest BCUT2D eigenvalue weighted by molar-refractivity contribution is 7.93. The first-order valence-corrected chi connectivity index (χ1v) is 9.81. The van der Waals surface area contributed by atoms with Crippen LogP contribution in [0, 0.1) is 10.1 Å². The predicted molar refractivity (Wildman–Crippen MR) is 80.8 cm³/mol. The molecule has 1 aromatic carbocycles. The number of unbranched alkanes of at least 4 members (excludes halogenated alkanes) is 1. The van der Waals surface area contributed by atoms with Crippen LogP contribution in [0.1, 0.15) is 32.3 Å². The van der Waals surface area contributed by atoms with Crippen LogP contribution < -0.4 is 5.14 Å². The highest BCUT2D eigenvalue weighted by Crippen LogP contribution is 2.31. The Balaban J connectivity index is 3.86. The lowest BCUT2D eigenvalue weighted by molar-refractivity contribution is -0.385. The molecule has 1 rings (SSSR count). The number of aryl methyl sites for hydroxylation is 1. The zero-order valence-corrected chi connectivity index (χ0v) is 13.9. The van der Waals surface area contributed by atoms with Crippen LogP contribution in [0.5, 0.6) is 0 Å². The lowest BCUT2D eigenvalue weighted by atomic mass is 10.1. The average Bonchev–Trinajstić information content (AvgIpc) is 2.42. The average molecular weight is 350 g/mol. The van der Waals surface area contributed by atoms with Gasteiger partial charge in [0.2, 0.25) is 10.0 Å². The summed E-state index contributed by atoms with van der Waals surface area (Å²) < 4.78 is 47.9. The Morgan fingerprint density at radius 3 is 2.18 bits per heavy atom. The third-order valence-electron chi connectivity index (χ3n) is 3.12. The first-order chi connectivity index (χ1) is 10.0. The van der Waals surface area contributed by atoms with E-state index in [4.69, 9.17) is 5.14 Å². The maximum Gasteiger partial charge on any atom is 0.271 e. The minimum Gasteiger partial charge on any atom is -0.258 e. The van der Waals surface area contributed by atoms with Crippen molar-refractivity contribution in [1.29, 1.82) is 0 Å². The van der Waals surface area contributed by atoms with Crippen LogP contribution >= 0.6 is 0 Å². The number of nitrogens with two attached hydrogens (primary N) is 1. The van der Waals surface area contributed by atoms with E-state index in [1.165, 1.54) is 6.92 Å². The highest BCUT2D eigenvalue weighted by atomic mass is 32.2. The van der Waals surface area contributed by atoms with Gasteiger partial charge in [-0.1, -0.05) is 20.3 Å². The maximum atomic E-state index is 12.2. The quantitative estimate of drug-likeness (QED) is 0.582. The number of hydrogen-bond acceptors (Lipinski definition) is 6. The van der Waals surface area contributed by atoms with Gasteiger partial charge >= 0.3 is 0 Å². The minimum absolute atomic E-state index is 0.113. The van der Waals surface area contributed by atoms with Crippen LogP contribution in [0.3, 0.4) is 0 Å². The van der Waals surface area contributed by atoms with Crippen LogP contribution in [0.15, 0.2) is 21.9 Å². The molecule has 0 saturated heterocycles. The van der Waals surface area contributed by atoms with Crippen molar-refractivity contribution in [2.24, 2.45) is 5.14 Å². The molecule has 10 heteroatoms. The number of primary sulfonamides is 1. The Kier molecular flexibility index (Phi) is 5.65. The van der Waals surface area contributed by atoms with Crippen LogP contribution in [0.2, 0.25) is 0 Å². The van der Waals surface area contributed by atoms with Gasteiger partial charge in [0.15, 0.2) is 9.84 Å². The number of nitrogens with zero attached hydrogens (tertiary/aromatic N) is 1. The summed E-state index contributed by atoms with van der Waals surface area (Å²) in [5.74, 6) is -0.327. The molecule has 1 aromatic rings. The third-order valence-corrected chi connectivity index (χ3v) is 6.05. The van der Waals surface area contributed by atoms with Crippen molar-refractivity contribution in [3.8, 4) is 0 Å². The zero-order valence-electron chi connectivity index (χ0n) is 12.3. The molecule has 0 saturated carbocycles. The van der Waals surface area contributed by atoms with E-state index in [2.05, 4.69) is 0 Å². The number of non-ortho nitro benzene ring substituents is 1. The van der Waals surface area contributed by atoms with Crippen LogP contribution in [0.4, 0.5) is 5.69 Å². The number of sulfonamides is 1. The first kappa shape index (κ1) is 18.5. The van der Waals surface area contributed by atoms with E-state index >= 15 is 0 Å². The maximum absolute atomic E-state index is 12.2. The molecule has 0 aliphatic rings. The lowest BCUT2D eigenvalue weighted by Gasteiger charge is -2.13. The van der Waals surface area contributed by atoms with Gasteiger partial charge in [0, 0.05) is 12.1 Å². The standard InChI is InChI=1S/C12H18N2O6S2/c1-3-5-6-9-7-10(14(15)16)8-11(22(13,19)20)12(9)21(17,18)4-2/h7-8H,3-6H2,1-2H3,(H2,13,19,20). The summed E-state index contributed by atoms with van der Waals surface area (Å²) in [4.78, 5) is 9.05. The topological polar surface area (TPSA) is 137 Å². The molecule has 8 nitrogen and oxygen atoms in total. The Hall–Kier alpha value is -1.52. The smallest absolute Gasteiger partial charge is 0.258 e. The van der Waals surface area contributed by atoms with Crippen molar-refractivity contribution in [2.45, 2.75) is 42.9 Å². The summed E-state index contributed by atoms with van der Waals surface area (Å²) >= 11 is 0. The van der Waals surface area contributed by atoms with Crippen LogP contribution in [0.25, 0.3) is 0 Å². The van der Waals surface area contributed by atoms with E-state index < -0.39 is 40.3 Å². The molecule has 0 aromatic heterocycles. The number of rotatable bonds is 7. The van der Waals surface area contributed by atoms with E-state index in [0.717, 1.165) is 12.5 Å². The fourth-order valence-corrected chi connectivity index (χ4v) is 4.63. The number of benzene rings is 1. The molecule has 0 aliphatic heterocycles. The largest absolute Gasteiger partial charge is 0.271 e. The summed E-state index contributed by atoms with van der Waals surface area (Å²) in [7, 11) is -8.31. The van der Waals surface area contributed by atoms with Gasteiger partial charge in [-0.2, -0.15) is 0 Å². The molecule has 0 aliphatic carbocycles. The summed E-state index contributed by atoms with van der Waals surface area (Å²) in [5.41, 5.74) is -0.382. The van der Waals surface area contributed by atoms with Crippen molar-refractivity contribution < 1.29 is 21.8 Å². The Bertz CT molecular complexity index is 784. The molecule has 0 bridgehead atoms. The van der Waals surface area contributed by atoms with Crippen molar-refractivity contribution in [1.82, 2.24) is 0 Å². The monoisotopic (exact) mass is 350 g/mol. The second-order valence-corrected chi connectivity index (χ2v) is 8.49.